The van der Waals surface area contributed by atoms with Crippen LogP contribution in [0.3, 0.4) is 0 Å². The van der Waals surface area contributed by atoms with Crippen LogP contribution in [0, 0.1) is 11.8 Å². The molecule has 1 aromatic heterocycles. The first-order valence-corrected chi connectivity index (χ1v) is 7.80. The minimum Gasteiger partial charge on any atom is -0.474 e. The third-order valence-electron chi connectivity index (χ3n) is 3.86. The number of hydrogen-bond donors (Lipinski definition) is 0. The summed E-state index contributed by atoms with van der Waals surface area (Å²) < 4.78 is 6.98. The summed E-state index contributed by atoms with van der Waals surface area (Å²) in [6, 6.07) is 1.98. The average Bonchev–Trinajstić information content (AvgIpc) is 2.36. The van der Waals surface area contributed by atoms with E-state index < -0.39 is 0 Å². The Morgan fingerprint density at radius 1 is 1.39 bits per heavy atom. The molecular formula is C14H19BrClNO. The standard InChI is InChI=1S/C14H19BrClNO/c1-9-3-4-13(5-10(9)2)18-14-11(7-16)6-12(15)8-17-14/h6,8-10,13H,3-5,7H2,1-2H3. The normalized spacial score (nSPS) is 28.1. The van der Waals surface area contributed by atoms with Crippen molar-refractivity contribution in [3.05, 3.63) is 22.3 Å². The predicted molar refractivity (Wildman–Crippen MR) is 78.1 cm³/mol. The molecule has 0 amide bonds. The van der Waals surface area contributed by atoms with Crippen molar-refractivity contribution in [2.24, 2.45) is 11.8 Å². The Kier molecular flexibility index (Phi) is 4.91. The van der Waals surface area contributed by atoms with Crippen molar-refractivity contribution < 1.29 is 4.74 Å². The Morgan fingerprint density at radius 3 is 2.83 bits per heavy atom. The second-order valence-electron chi connectivity index (χ2n) is 5.26. The molecule has 1 aliphatic rings. The lowest BCUT2D eigenvalue weighted by atomic mass is 9.80. The summed E-state index contributed by atoms with van der Waals surface area (Å²) in [4.78, 5) is 4.33. The third kappa shape index (κ3) is 3.39. The van der Waals surface area contributed by atoms with Crippen LogP contribution in [0.15, 0.2) is 16.7 Å². The van der Waals surface area contributed by atoms with E-state index in [1.54, 1.807) is 6.20 Å². The molecule has 0 bridgehead atoms. The van der Waals surface area contributed by atoms with Crippen LogP contribution in [0.2, 0.25) is 0 Å². The fourth-order valence-corrected chi connectivity index (χ4v) is 3.00. The zero-order chi connectivity index (χ0) is 13.1. The van der Waals surface area contributed by atoms with Gasteiger partial charge in [0, 0.05) is 16.2 Å². The largest absolute Gasteiger partial charge is 0.474 e. The fourth-order valence-electron chi connectivity index (χ4n) is 2.43. The van der Waals surface area contributed by atoms with E-state index in [0.717, 1.165) is 34.7 Å². The monoisotopic (exact) mass is 331 g/mol. The van der Waals surface area contributed by atoms with Gasteiger partial charge >= 0.3 is 0 Å². The number of rotatable bonds is 3. The Hall–Kier alpha value is -0.280. The number of pyridine rings is 1. The van der Waals surface area contributed by atoms with Crippen LogP contribution in [-0.2, 0) is 5.88 Å². The lowest BCUT2D eigenvalue weighted by molar-refractivity contribution is 0.0956. The van der Waals surface area contributed by atoms with Gasteiger partial charge in [-0.05, 0) is 53.1 Å². The Labute approximate surface area is 122 Å². The molecule has 0 saturated heterocycles. The highest BCUT2D eigenvalue weighted by Crippen LogP contribution is 2.32. The van der Waals surface area contributed by atoms with E-state index in [1.807, 2.05) is 6.07 Å². The molecule has 0 N–H and O–H groups in total. The van der Waals surface area contributed by atoms with Gasteiger partial charge in [0.15, 0.2) is 0 Å². The summed E-state index contributed by atoms with van der Waals surface area (Å²) in [5.74, 6) is 2.65. The molecule has 0 radical (unpaired) electrons. The molecule has 18 heavy (non-hydrogen) atoms. The van der Waals surface area contributed by atoms with Gasteiger partial charge in [0.1, 0.15) is 6.10 Å². The Bertz CT molecular complexity index is 413. The van der Waals surface area contributed by atoms with Crippen molar-refractivity contribution in [3.63, 3.8) is 0 Å². The van der Waals surface area contributed by atoms with Crippen LogP contribution >= 0.6 is 27.5 Å². The van der Waals surface area contributed by atoms with Gasteiger partial charge in [-0.2, -0.15) is 0 Å². The molecule has 1 fully saturated rings. The fraction of sp³-hybridized carbons (Fsp3) is 0.643. The minimum atomic E-state index is 0.284. The molecule has 3 atom stereocenters. The molecule has 2 rings (SSSR count). The van der Waals surface area contributed by atoms with Gasteiger partial charge in [0.05, 0.1) is 5.88 Å². The zero-order valence-electron chi connectivity index (χ0n) is 10.8. The number of aromatic nitrogens is 1. The summed E-state index contributed by atoms with van der Waals surface area (Å²) >= 11 is 9.34. The third-order valence-corrected chi connectivity index (χ3v) is 4.59. The maximum atomic E-state index is 6.03. The maximum Gasteiger partial charge on any atom is 0.218 e. The molecule has 1 aromatic rings. The van der Waals surface area contributed by atoms with Crippen molar-refractivity contribution in [1.29, 1.82) is 0 Å². The highest BCUT2D eigenvalue weighted by molar-refractivity contribution is 9.10. The summed E-state index contributed by atoms with van der Waals surface area (Å²) in [6.07, 6.45) is 5.51. The number of halogens is 2. The van der Waals surface area contributed by atoms with Crippen molar-refractivity contribution in [1.82, 2.24) is 4.98 Å². The highest BCUT2D eigenvalue weighted by atomic mass is 79.9. The number of ether oxygens (including phenoxy) is 1. The first-order valence-electron chi connectivity index (χ1n) is 6.47. The van der Waals surface area contributed by atoms with Crippen molar-refractivity contribution in [3.8, 4) is 5.88 Å². The van der Waals surface area contributed by atoms with Crippen LogP contribution in [0.25, 0.3) is 0 Å². The smallest absolute Gasteiger partial charge is 0.218 e. The van der Waals surface area contributed by atoms with Crippen molar-refractivity contribution >= 4 is 27.5 Å². The molecular weight excluding hydrogens is 314 g/mol. The van der Waals surface area contributed by atoms with Gasteiger partial charge < -0.3 is 4.74 Å². The number of hydrogen-bond acceptors (Lipinski definition) is 2. The molecule has 4 heteroatoms. The van der Waals surface area contributed by atoms with E-state index in [2.05, 4.69) is 34.8 Å². The van der Waals surface area contributed by atoms with E-state index in [1.165, 1.54) is 6.42 Å². The summed E-state index contributed by atoms with van der Waals surface area (Å²) in [5.41, 5.74) is 0.956. The van der Waals surface area contributed by atoms with Crippen LogP contribution in [0.5, 0.6) is 5.88 Å². The van der Waals surface area contributed by atoms with Gasteiger partial charge in [-0.25, -0.2) is 4.98 Å². The van der Waals surface area contributed by atoms with Crippen LogP contribution in [0.1, 0.15) is 38.7 Å². The van der Waals surface area contributed by atoms with Gasteiger partial charge in [-0.1, -0.05) is 13.8 Å². The van der Waals surface area contributed by atoms with E-state index in [9.17, 15) is 0 Å². The molecule has 100 valence electrons. The average molecular weight is 333 g/mol. The summed E-state index contributed by atoms with van der Waals surface area (Å²) in [5, 5.41) is 0. The summed E-state index contributed by atoms with van der Waals surface area (Å²) in [6.45, 7) is 4.63. The highest BCUT2D eigenvalue weighted by Gasteiger charge is 2.26. The maximum absolute atomic E-state index is 6.03. The molecule has 0 aliphatic heterocycles. The number of alkyl halides is 1. The molecule has 1 heterocycles. The molecule has 0 aromatic carbocycles. The van der Waals surface area contributed by atoms with E-state index in [-0.39, 0.29) is 6.10 Å². The summed E-state index contributed by atoms with van der Waals surface area (Å²) in [7, 11) is 0. The lowest BCUT2D eigenvalue weighted by Gasteiger charge is -2.32. The SMILES string of the molecule is CC1CCC(Oc2ncc(Br)cc2CCl)CC1C. The first-order chi connectivity index (χ1) is 8.60. The van der Waals surface area contributed by atoms with E-state index in [4.69, 9.17) is 16.3 Å². The van der Waals surface area contributed by atoms with Crippen LogP contribution < -0.4 is 4.74 Å². The van der Waals surface area contributed by atoms with Gasteiger partial charge in [-0.15, -0.1) is 11.6 Å². The Balaban J connectivity index is 2.05. The molecule has 1 aliphatic carbocycles. The molecule has 2 nitrogen and oxygen atoms in total. The molecule has 0 spiro atoms. The van der Waals surface area contributed by atoms with Crippen LogP contribution in [-0.4, -0.2) is 11.1 Å². The van der Waals surface area contributed by atoms with E-state index in [0.29, 0.717) is 11.8 Å². The zero-order valence-corrected chi connectivity index (χ0v) is 13.2. The van der Waals surface area contributed by atoms with E-state index >= 15 is 0 Å². The van der Waals surface area contributed by atoms with Gasteiger partial charge in [0.2, 0.25) is 5.88 Å². The lowest BCUT2D eigenvalue weighted by Crippen LogP contribution is -2.29. The molecule has 3 unspecified atom stereocenters. The second-order valence-corrected chi connectivity index (χ2v) is 6.44. The predicted octanol–water partition coefficient (Wildman–Crippen LogP) is 4.79. The quantitative estimate of drug-likeness (QED) is 0.743. The van der Waals surface area contributed by atoms with Crippen LogP contribution in [0.4, 0.5) is 0 Å². The topological polar surface area (TPSA) is 22.1 Å². The molecule has 1 saturated carbocycles. The minimum absolute atomic E-state index is 0.284. The first kappa shape index (κ1) is 14.1. The van der Waals surface area contributed by atoms with Crippen molar-refractivity contribution in [2.75, 3.05) is 0 Å². The van der Waals surface area contributed by atoms with Gasteiger partial charge in [0.25, 0.3) is 0 Å². The second kappa shape index (κ2) is 6.25. The number of nitrogens with zero attached hydrogens (tertiary/aromatic N) is 1. The van der Waals surface area contributed by atoms with Gasteiger partial charge in [-0.3, -0.25) is 0 Å². The van der Waals surface area contributed by atoms with Crippen molar-refractivity contribution in [2.45, 2.75) is 45.1 Å². The Morgan fingerprint density at radius 2 is 2.17 bits per heavy atom.